The first kappa shape index (κ1) is 26.8. The summed E-state index contributed by atoms with van der Waals surface area (Å²) in [4.78, 5) is 0. The van der Waals surface area contributed by atoms with Crippen molar-refractivity contribution >= 4 is 0 Å². The van der Waals surface area contributed by atoms with Crippen LogP contribution in [0.5, 0.6) is 0 Å². The first-order chi connectivity index (χ1) is 16.4. The van der Waals surface area contributed by atoms with Crippen LogP contribution < -0.4 is 0 Å². The fourth-order valence-electron chi connectivity index (χ4n) is 4.46. The van der Waals surface area contributed by atoms with Crippen molar-refractivity contribution in [3.05, 3.63) is 107 Å². The topological polar surface area (TPSA) is 0 Å². The van der Waals surface area contributed by atoms with Crippen molar-refractivity contribution in [1.29, 1.82) is 0 Å². The van der Waals surface area contributed by atoms with E-state index in [-0.39, 0.29) is 17.8 Å². The summed E-state index contributed by atoms with van der Waals surface area (Å²) in [5, 5.41) is 0. The summed E-state index contributed by atoms with van der Waals surface area (Å²) in [6.45, 7) is 4.02. The molecule has 3 aromatic carbocycles. The molecule has 0 N–H and O–H groups in total. The third kappa shape index (κ3) is 7.61. The van der Waals surface area contributed by atoms with Crippen molar-refractivity contribution < 1.29 is 26.3 Å². The Bertz CT molecular complexity index is 1050. The molecule has 0 aliphatic carbocycles. The summed E-state index contributed by atoms with van der Waals surface area (Å²) >= 11 is 0. The molecule has 0 heterocycles. The van der Waals surface area contributed by atoms with E-state index in [9.17, 15) is 26.3 Å². The monoisotopic (exact) mass is 492 g/mol. The van der Waals surface area contributed by atoms with Gasteiger partial charge in [-0.25, -0.2) is 0 Å². The molecule has 0 aliphatic heterocycles. The molecule has 6 heteroatoms. The molecule has 0 aromatic heterocycles. The zero-order chi connectivity index (χ0) is 25.6. The zero-order valence-electron chi connectivity index (χ0n) is 19.8. The summed E-state index contributed by atoms with van der Waals surface area (Å²) in [5.41, 5.74) is 1.29. The van der Waals surface area contributed by atoms with Gasteiger partial charge in [0.15, 0.2) is 0 Å². The minimum atomic E-state index is -4.40. The van der Waals surface area contributed by atoms with Gasteiger partial charge in [-0.05, 0) is 78.3 Å². The summed E-state index contributed by atoms with van der Waals surface area (Å²) < 4.78 is 78.5. The first-order valence-electron chi connectivity index (χ1n) is 11.8. The summed E-state index contributed by atoms with van der Waals surface area (Å²) in [6.07, 6.45) is -5.86. The van der Waals surface area contributed by atoms with E-state index in [1.165, 1.54) is 29.8 Å². The van der Waals surface area contributed by atoms with Crippen LogP contribution >= 0.6 is 0 Å². The van der Waals surface area contributed by atoms with Crippen LogP contribution in [0, 0.1) is 0 Å². The Morgan fingerprint density at radius 1 is 0.514 bits per heavy atom. The van der Waals surface area contributed by atoms with Crippen molar-refractivity contribution in [3.8, 4) is 0 Å². The number of rotatable bonds is 9. The predicted octanol–water partition coefficient (Wildman–Crippen LogP) is 9.98. The minimum Gasteiger partial charge on any atom is -0.166 e. The minimum absolute atomic E-state index is 0.0108. The Morgan fingerprint density at radius 3 is 1.57 bits per heavy atom. The Labute approximate surface area is 203 Å². The first-order valence-corrected chi connectivity index (χ1v) is 11.8. The fourth-order valence-corrected chi connectivity index (χ4v) is 4.46. The van der Waals surface area contributed by atoms with E-state index in [2.05, 4.69) is 19.1 Å². The molecular formula is C29H30F6. The standard InChI is InChI=1S/C29H30F6/c1-20(22-7-4-3-5-8-22)11-13-23(24-15-17-26(18-16-24)28(30,31)32)14-12-21(2)25-9-6-10-27(19-25)29(33,34)35/h3-10,15-21,23H,11-14H2,1-2H3. The van der Waals surface area contributed by atoms with Gasteiger partial charge in [0.05, 0.1) is 11.1 Å². The number of halogens is 6. The molecule has 3 atom stereocenters. The van der Waals surface area contributed by atoms with Gasteiger partial charge in [-0.15, -0.1) is 0 Å². The molecule has 3 unspecified atom stereocenters. The van der Waals surface area contributed by atoms with Crippen LogP contribution in [0.3, 0.4) is 0 Å². The molecule has 0 spiro atoms. The lowest BCUT2D eigenvalue weighted by Gasteiger charge is -2.23. The summed E-state index contributed by atoms with van der Waals surface area (Å²) in [6, 6.07) is 20.7. The smallest absolute Gasteiger partial charge is 0.166 e. The molecule has 0 saturated carbocycles. The Morgan fingerprint density at radius 2 is 1.03 bits per heavy atom. The molecule has 0 nitrogen and oxygen atoms in total. The highest BCUT2D eigenvalue weighted by Crippen LogP contribution is 2.37. The molecule has 3 rings (SSSR count). The molecule has 0 aliphatic rings. The van der Waals surface area contributed by atoms with Crippen LogP contribution in [0.2, 0.25) is 0 Å². The maximum absolute atomic E-state index is 13.1. The van der Waals surface area contributed by atoms with Crippen LogP contribution in [0.25, 0.3) is 0 Å². The lowest BCUT2D eigenvalue weighted by atomic mass is 9.83. The number of hydrogen-bond acceptors (Lipinski definition) is 0. The number of benzene rings is 3. The van der Waals surface area contributed by atoms with Gasteiger partial charge in [0.1, 0.15) is 0 Å². The van der Waals surface area contributed by atoms with E-state index in [1.54, 1.807) is 6.07 Å². The second kappa shape index (κ2) is 11.3. The Balaban J connectivity index is 1.74. The predicted molar refractivity (Wildman–Crippen MR) is 127 cm³/mol. The van der Waals surface area contributed by atoms with Gasteiger partial charge in [-0.2, -0.15) is 26.3 Å². The van der Waals surface area contributed by atoms with Gasteiger partial charge in [0.2, 0.25) is 0 Å². The zero-order valence-corrected chi connectivity index (χ0v) is 19.8. The third-order valence-corrected chi connectivity index (χ3v) is 6.76. The largest absolute Gasteiger partial charge is 0.416 e. The normalized spacial score (nSPS) is 15.0. The summed E-state index contributed by atoms with van der Waals surface area (Å²) in [5.74, 6) is 0.187. The van der Waals surface area contributed by atoms with Crippen molar-refractivity contribution in [2.45, 2.75) is 69.6 Å². The number of hydrogen-bond donors (Lipinski definition) is 0. The third-order valence-electron chi connectivity index (χ3n) is 6.76. The van der Waals surface area contributed by atoms with E-state index in [1.807, 2.05) is 25.1 Å². The van der Waals surface area contributed by atoms with Gasteiger partial charge >= 0.3 is 12.4 Å². The van der Waals surface area contributed by atoms with Crippen LogP contribution in [-0.4, -0.2) is 0 Å². The maximum Gasteiger partial charge on any atom is 0.416 e. The SMILES string of the molecule is CC(CCC(CCC(C)c1cccc(C(F)(F)F)c1)c1ccc(C(F)(F)F)cc1)c1ccccc1. The van der Waals surface area contributed by atoms with Gasteiger partial charge in [0, 0.05) is 0 Å². The van der Waals surface area contributed by atoms with Crippen molar-refractivity contribution in [1.82, 2.24) is 0 Å². The molecular weight excluding hydrogens is 462 g/mol. The van der Waals surface area contributed by atoms with E-state index >= 15 is 0 Å². The molecule has 0 amide bonds. The van der Waals surface area contributed by atoms with Crippen molar-refractivity contribution in [2.75, 3.05) is 0 Å². The van der Waals surface area contributed by atoms with E-state index in [0.29, 0.717) is 18.4 Å². The highest BCUT2D eigenvalue weighted by Gasteiger charge is 2.31. The van der Waals surface area contributed by atoms with Crippen LogP contribution in [0.15, 0.2) is 78.9 Å². The molecule has 188 valence electrons. The molecule has 35 heavy (non-hydrogen) atoms. The maximum atomic E-state index is 13.1. The van der Waals surface area contributed by atoms with E-state index in [4.69, 9.17) is 0 Å². The Kier molecular flexibility index (Phi) is 8.68. The van der Waals surface area contributed by atoms with Crippen molar-refractivity contribution in [2.24, 2.45) is 0 Å². The lowest BCUT2D eigenvalue weighted by Crippen LogP contribution is -2.08. The quantitative estimate of drug-likeness (QED) is 0.261. The second-order valence-corrected chi connectivity index (χ2v) is 9.31. The van der Waals surface area contributed by atoms with Gasteiger partial charge in [-0.1, -0.05) is 74.5 Å². The molecule has 0 fully saturated rings. The van der Waals surface area contributed by atoms with E-state index < -0.39 is 23.5 Å². The molecule has 0 bridgehead atoms. The molecule has 0 saturated heterocycles. The van der Waals surface area contributed by atoms with Crippen molar-refractivity contribution in [3.63, 3.8) is 0 Å². The Hall–Kier alpha value is -2.76. The highest BCUT2D eigenvalue weighted by atomic mass is 19.4. The van der Waals surface area contributed by atoms with Crippen LogP contribution in [-0.2, 0) is 12.4 Å². The van der Waals surface area contributed by atoms with Gasteiger partial charge < -0.3 is 0 Å². The summed E-state index contributed by atoms with van der Waals surface area (Å²) in [7, 11) is 0. The average molecular weight is 493 g/mol. The molecule has 3 aromatic rings. The van der Waals surface area contributed by atoms with Crippen LogP contribution in [0.4, 0.5) is 26.3 Å². The van der Waals surface area contributed by atoms with Gasteiger partial charge in [0.25, 0.3) is 0 Å². The molecule has 0 radical (unpaired) electrons. The second-order valence-electron chi connectivity index (χ2n) is 9.31. The lowest BCUT2D eigenvalue weighted by molar-refractivity contribution is -0.138. The highest BCUT2D eigenvalue weighted by molar-refractivity contribution is 5.29. The fraction of sp³-hybridized carbons (Fsp3) is 0.379. The average Bonchev–Trinajstić information content (AvgIpc) is 2.83. The van der Waals surface area contributed by atoms with E-state index in [0.717, 1.165) is 36.6 Å². The van der Waals surface area contributed by atoms with Crippen LogP contribution in [0.1, 0.15) is 85.1 Å². The number of alkyl halides is 6. The van der Waals surface area contributed by atoms with Gasteiger partial charge in [-0.3, -0.25) is 0 Å².